The van der Waals surface area contributed by atoms with Crippen LogP contribution in [0.25, 0.3) is 10.8 Å². The number of fused-ring (bicyclic) bond motifs is 1. The van der Waals surface area contributed by atoms with Gasteiger partial charge in [-0.05, 0) is 79.4 Å². The molecule has 6 rings (SSSR count). The van der Waals surface area contributed by atoms with Crippen molar-refractivity contribution in [1.29, 1.82) is 0 Å². The van der Waals surface area contributed by atoms with E-state index in [1.807, 2.05) is 63.2 Å². The van der Waals surface area contributed by atoms with E-state index in [0.29, 0.717) is 58.4 Å². The van der Waals surface area contributed by atoms with Crippen LogP contribution in [-0.2, 0) is 21.9 Å². The maximum atomic E-state index is 13.5. The van der Waals surface area contributed by atoms with Gasteiger partial charge in [0.2, 0.25) is 15.9 Å². The molecule has 0 saturated carbocycles. The molecule has 1 aliphatic rings. The Kier molecular flexibility index (Phi) is 13.9. The molecule has 2 heterocycles. The highest BCUT2D eigenvalue weighted by molar-refractivity contribution is 7.92. The first-order valence-corrected chi connectivity index (χ1v) is 21.9. The summed E-state index contributed by atoms with van der Waals surface area (Å²) in [4.78, 5) is 40.7. The fourth-order valence-electron chi connectivity index (χ4n) is 7.12. The van der Waals surface area contributed by atoms with Gasteiger partial charge in [-0.25, -0.2) is 18.2 Å². The zero-order chi connectivity index (χ0) is 43.0. The van der Waals surface area contributed by atoms with E-state index in [0.717, 1.165) is 68.3 Å². The Morgan fingerprint density at radius 2 is 1.53 bits per heavy atom. The number of nitrogens with zero attached hydrogens (tertiary/aromatic N) is 4. The Bertz CT molecular complexity index is 2450. The lowest BCUT2D eigenvalue weighted by molar-refractivity contribution is 0.0972. The minimum Gasteiger partial charge on any atom is -0.496 e. The summed E-state index contributed by atoms with van der Waals surface area (Å²) in [5.41, 5.74) is 2.90. The Morgan fingerprint density at radius 1 is 0.817 bits per heavy atom. The number of urea groups is 1. The maximum absolute atomic E-state index is 13.5. The molecule has 5 aromatic rings. The second-order valence-electron chi connectivity index (χ2n) is 16.1. The van der Waals surface area contributed by atoms with Gasteiger partial charge in [0.05, 0.1) is 43.1 Å². The van der Waals surface area contributed by atoms with Crippen molar-refractivity contribution >= 4 is 49.7 Å². The number of likely N-dealkylation sites (N-methyl/N-ethyl adjacent to an activating group) is 1. The standard InChI is InChI=1S/C45H55N7O7S/c1-45(2,3)31-28-36(43(58-6)37(29-31)50-60(7,55)56)48-44(54)47-35-17-18-39(33-13-9-8-12-32(33)35)59-42-19-20-46-41(49-42)27-30-15-16-34(40(26-30)57-5)38(53)14-10-11-21-52-24-22-51(4)23-25-52/h8-9,12-13,15-20,26,28-29,50H,10-11,14,21-25,27H2,1-7H3,(H2,47,48,54). The Balaban J connectivity index is 1.12. The minimum atomic E-state index is -3.64. The largest absolute Gasteiger partial charge is 0.496 e. The highest BCUT2D eigenvalue weighted by atomic mass is 32.2. The smallest absolute Gasteiger partial charge is 0.323 e. The maximum Gasteiger partial charge on any atom is 0.323 e. The highest BCUT2D eigenvalue weighted by Gasteiger charge is 2.23. The minimum absolute atomic E-state index is 0.0710. The molecule has 1 saturated heterocycles. The van der Waals surface area contributed by atoms with Crippen LogP contribution in [0.15, 0.2) is 79.0 Å². The summed E-state index contributed by atoms with van der Waals surface area (Å²) in [6.45, 7) is 11.3. The van der Waals surface area contributed by atoms with Gasteiger partial charge in [0.15, 0.2) is 11.5 Å². The van der Waals surface area contributed by atoms with Gasteiger partial charge in [0, 0.05) is 62.1 Å². The number of unbranched alkanes of at least 4 members (excludes halogenated alkanes) is 1. The first-order valence-electron chi connectivity index (χ1n) is 20.0. The van der Waals surface area contributed by atoms with E-state index in [9.17, 15) is 18.0 Å². The third kappa shape index (κ3) is 11.5. The average Bonchev–Trinajstić information content (AvgIpc) is 3.20. The number of aromatic nitrogens is 2. The number of hydrogen-bond acceptors (Lipinski definition) is 11. The molecule has 15 heteroatoms. The number of methoxy groups -OCH3 is 2. The second kappa shape index (κ2) is 19.1. The average molecular weight is 838 g/mol. The molecule has 0 spiro atoms. The highest BCUT2D eigenvalue weighted by Crippen LogP contribution is 2.40. The SMILES string of the molecule is COc1cc(Cc2nccc(Oc3ccc(NC(=O)Nc4cc(C(C)(C)C)cc(NS(C)(=O)=O)c4OC)c4ccccc34)n2)ccc1C(=O)CCCCN1CCN(C)CC1. The number of carbonyl (C=O) groups is 2. The quantitative estimate of drug-likeness (QED) is 0.0653. The van der Waals surface area contributed by atoms with Crippen LogP contribution in [0.5, 0.6) is 23.1 Å². The number of nitrogens with one attached hydrogen (secondary N) is 3. The first-order chi connectivity index (χ1) is 28.6. The molecule has 4 aromatic carbocycles. The first kappa shape index (κ1) is 43.8. The van der Waals surface area contributed by atoms with Gasteiger partial charge < -0.3 is 34.6 Å². The number of amides is 2. The van der Waals surface area contributed by atoms with Crippen molar-refractivity contribution in [2.45, 2.75) is 51.9 Å². The van der Waals surface area contributed by atoms with Crippen molar-refractivity contribution in [2.75, 3.05) is 75.6 Å². The van der Waals surface area contributed by atoms with Crippen molar-refractivity contribution in [3.05, 3.63) is 102 Å². The predicted octanol–water partition coefficient (Wildman–Crippen LogP) is 7.94. The molecule has 1 aromatic heterocycles. The number of ketones is 1. The van der Waals surface area contributed by atoms with E-state index in [-0.39, 0.29) is 22.6 Å². The van der Waals surface area contributed by atoms with Crippen LogP contribution in [0.3, 0.4) is 0 Å². The second-order valence-corrected chi connectivity index (χ2v) is 17.9. The van der Waals surface area contributed by atoms with Gasteiger partial charge in [-0.2, -0.15) is 4.98 Å². The summed E-state index contributed by atoms with van der Waals surface area (Å²) in [5.74, 6) is 2.16. The molecule has 1 fully saturated rings. The number of rotatable bonds is 16. The van der Waals surface area contributed by atoms with Gasteiger partial charge in [0.1, 0.15) is 17.3 Å². The lowest BCUT2D eigenvalue weighted by atomic mass is 9.86. The van der Waals surface area contributed by atoms with Crippen LogP contribution in [-0.4, -0.2) is 100 Å². The van der Waals surface area contributed by atoms with E-state index in [1.165, 1.54) is 7.11 Å². The third-order valence-corrected chi connectivity index (χ3v) is 11.0. The zero-order valence-corrected chi connectivity index (χ0v) is 36.2. The summed E-state index contributed by atoms with van der Waals surface area (Å²) in [6, 6.07) is 21.2. The molecule has 0 bridgehead atoms. The number of ether oxygens (including phenoxy) is 3. The third-order valence-electron chi connectivity index (χ3n) is 10.4. The van der Waals surface area contributed by atoms with Gasteiger partial charge in [-0.1, -0.05) is 51.1 Å². The Labute approximate surface area is 352 Å². The van der Waals surface area contributed by atoms with E-state index < -0.39 is 16.1 Å². The number of carbonyl (C=O) groups excluding carboxylic acids is 2. The monoisotopic (exact) mass is 837 g/mol. The molecular weight excluding hydrogens is 783 g/mol. The number of piperazine rings is 1. The molecule has 0 atom stereocenters. The molecule has 0 aliphatic carbocycles. The van der Waals surface area contributed by atoms with Crippen LogP contribution < -0.4 is 29.6 Å². The molecular formula is C45H55N7O7S. The van der Waals surface area contributed by atoms with Crippen LogP contribution in [0.4, 0.5) is 21.9 Å². The summed E-state index contributed by atoms with van der Waals surface area (Å²) in [7, 11) is 1.49. The molecule has 1 aliphatic heterocycles. The Hall–Kier alpha value is -5.77. The fraction of sp³-hybridized carbons (Fsp3) is 0.378. The van der Waals surface area contributed by atoms with Crippen LogP contribution in [0, 0.1) is 0 Å². The topological polar surface area (TPSA) is 164 Å². The molecule has 2 amide bonds. The number of hydrogen-bond donors (Lipinski definition) is 3. The van der Waals surface area contributed by atoms with Crippen LogP contribution in [0.2, 0.25) is 0 Å². The van der Waals surface area contributed by atoms with Gasteiger partial charge in [-0.15, -0.1) is 0 Å². The van der Waals surface area contributed by atoms with E-state index in [2.05, 4.69) is 42.2 Å². The van der Waals surface area contributed by atoms with Gasteiger partial charge >= 0.3 is 6.03 Å². The van der Waals surface area contributed by atoms with Crippen molar-refractivity contribution < 1.29 is 32.2 Å². The van der Waals surface area contributed by atoms with Crippen LogP contribution >= 0.6 is 0 Å². The Morgan fingerprint density at radius 3 is 2.23 bits per heavy atom. The van der Waals surface area contributed by atoms with Crippen molar-refractivity contribution in [2.24, 2.45) is 0 Å². The summed E-state index contributed by atoms with van der Waals surface area (Å²) >= 11 is 0. The van der Waals surface area contributed by atoms with Crippen LogP contribution in [0.1, 0.15) is 67.3 Å². The van der Waals surface area contributed by atoms with Crippen molar-refractivity contribution in [1.82, 2.24) is 19.8 Å². The van der Waals surface area contributed by atoms with Crippen molar-refractivity contribution in [3.63, 3.8) is 0 Å². The van der Waals surface area contributed by atoms with Gasteiger partial charge in [-0.3, -0.25) is 9.52 Å². The zero-order valence-electron chi connectivity index (χ0n) is 35.4. The normalized spacial score (nSPS) is 13.8. The van der Waals surface area contributed by atoms with E-state index in [4.69, 9.17) is 14.2 Å². The lowest BCUT2D eigenvalue weighted by Gasteiger charge is -2.32. The molecule has 60 heavy (non-hydrogen) atoms. The van der Waals surface area contributed by atoms with E-state index in [1.54, 1.807) is 43.6 Å². The molecule has 0 unspecified atom stereocenters. The molecule has 318 valence electrons. The van der Waals surface area contributed by atoms with Crippen molar-refractivity contribution in [3.8, 4) is 23.1 Å². The summed E-state index contributed by atoms with van der Waals surface area (Å²) < 4.78 is 44.4. The molecule has 3 N–H and O–H groups in total. The number of benzene rings is 4. The van der Waals surface area contributed by atoms with E-state index >= 15 is 0 Å². The number of anilines is 3. The number of sulfonamides is 1. The molecule has 14 nitrogen and oxygen atoms in total. The van der Waals surface area contributed by atoms with Gasteiger partial charge in [0.25, 0.3) is 0 Å². The lowest BCUT2D eigenvalue weighted by Crippen LogP contribution is -2.44. The predicted molar refractivity (Wildman–Crippen MR) is 237 cm³/mol. The molecule has 0 radical (unpaired) electrons. The summed E-state index contributed by atoms with van der Waals surface area (Å²) in [5, 5.41) is 7.21. The fourth-order valence-corrected chi connectivity index (χ4v) is 7.67. The number of Topliss-reactive ketones (excluding diaryl/α,β-unsaturated/α-hetero) is 1. The summed E-state index contributed by atoms with van der Waals surface area (Å²) in [6.07, 6.45) is 5.37.